The van der Waals surface area contributed by atoms with E-state index in [0.717, 1.165) is 7.05 Å². The molecule has 0 aliphatic rings. The average molecular weight is 449 g/mol. The maximum atomic E-state index is 13.1. The van der Waals surface area contributed by atoms with Crippen molar-refractivity contribution in [3.05, 3.63) is 86.2 Å². The van der Waals surface area contributed by atoms with Gasteiger partial charge in [0.05, 0.1) is 16.4 Å². The van der Waals surface area contributed by atoms with Gasteiger partial charge in [0.1, 0.15) is 5.69 Å². The zero-order chi connectivity index (χ0) is 22.3. The van der Waals surface area contributed by atoms with Gasteiger partial charge >= 0.3 is 11.9 Å². The number of alkyl halides is 3. The lowest BCUT2D eigenvalue weighted by Crippen LogP contribution is -2.40. The van der Waals surface area contributed by atoms with Crippen LogP contribution >= 0.6 is 11.6 Å². The third-order valence-corrected chi connectivity index (χ3v) is 4.79. The van der Waals surface area contributed by atoms with Crippen molar-refractivity contribution in [1.82, 2.24) is 29.3 Å². The SMILES string of the molecule is Cn1c(C(F)(F)F)cc(=O)n(-c2ccc(Cl)c(-c3nnn(-c4ccccc4)n3)c2)c1=O. The van der Waals surface area contributed by atoms with Crippen molar-refractivity contribution in [2.45, 2.75) is 6.18 Å². The second kappa shape index (κ2) is 7.51. The van der Waals surface area contributed by atoms with E-state index in [1.54, 1.807) is 24.3 Å². The van der Waals surface area contributed by atoms with Gasteiger partial charge in [-0.05, 0) is 35.5 Å². The molecular weight excluding hydrogens is 437 g/mol. The fourth-order valence-corrected chi connectivity index (χ4v) is 3.15. The fraction of sp³-hybridized carbons (Fsp3) is 0.105. The van der Waals surface area contributed by atoms with E-state index in [2.05, 4.69) is 15.4 Å². The molecule has 0 radical (unpaired) electrons. The predicted molar refractivity (Wildman–Crippen MR) is 105 cm³/mol. The lowest BCUT2D eigenvalue weighted by atomic mass is 10.2. The van der Waals surface area contributed by atoms with E-state index in [4.69, 9.17) is 11.6 Å². The molecule has 0 bridgehead atoms. The second-order valence-corrected chi connectivity index (χ2v) is 6.85. The van der Waals surface area contributed by atoms with Crippen molar-refractivity contribution in [1.29, 1.82) is 0 Å². The van der Waals surface area contributed by atoms with Gasteiger partial charge in [0.15, 0.2) is 0 Å². The molecule has 0 amide bonds. The third kappa shape index (κ3) is 3.75. The van der Waals surface area contributed by atoms with Gasteiger partial charge in [-0.25, -0.2) is 9.36 Å². The van der Waals surface area contributed by atoms with Gasteiger partial charge in [-0.15, -0.1) is 15.0 Å². The summed E-state index contributed by atoms with van der Waals surface area (Å²) in [5, 5.41) is 12.3. The van der Waals surface area contributed by atoms with Crippen LogP contribution in [0.5, 0.6) is 0 Å². The largest absolute Gasteiger partial charge is 0.431 e. The Balaban J connectivity index is 1.84. The van der Waals surface area contributed by atoms with Crippen LogP contribution in [0.1, 0.15) is 5.69 Å². The number of tetrazole rings is 1. The maximum absolute atomic E-state index is 13.1. The van der Waals surface area contributed by atoms with Crippen LogP contribution in [0.15, 0.2) is 64.2 Å². The summed E-state index contributed by atoms with van der Waals surface area (Å²) in [5.74, 6) is 0.104. The van der Waals surface area contributed by atoms with Crippen LogP contribution < -0.4 is 11.2 Å². The van der Waals surface area contributed by atoms with Crippen LogP contribution in [0.4, 0.5) is 13.2 Å². The van der Waals surface area contributed by atoms with E-state index in [0.29, 0.717) is 20.9 Å². The molecule has 31 heavy (non-hydrogen) atoms. The summed E-state index contributed by atoms with van der Waals surface area (Å²) in [6.07, 6.45) is -4.85. The number of hydrogen-bond acceptors (Lipinski definition) is 5. The molecule has 2 aromatic carbocycles. The van der Waals surface area contributed by atoms with Crippen molar-refractivity contribution >= 4 is 11.6 Å². The molecule has 4 rings (SSSR count). The summed E-state index contributed by atoms with van der Waals surface area (Å²) in [6, 6.07) is 13.3. The lowest BCUT2D eigenvalue weighted by Gasteiger charge is -2.14. The molecule has 0 atom stereocenters. The summed E-state index contributed by atoms with van der Waals surface area (Å²) in [5.41, 5.74) is -2.75. The minimum absolute atomic E-state index is 0.00906. The number of aromatic nitrogens is 6. The number of rotatable bonds is 3. The van der Waals surface area contributed by atoms with Crippen LogP contribution in [-0.2, 0) is 13.2 Å². The van der Waals surface area contributed by atoms with Gasteiger partial charge in [-0.2, -0.15) is 13.2 Å². The molecule has 2 aromatic heterocycles. The number of para-hydroxylation sites is 1. The molecule has 0 unspecified atom stereocenters. The molecule has 0 fully saturated rings. The smallest absolute Gasteiger partial charge is 0.292 e. The Morgan fingerprint density at radius 3 is 2.35 bits per heavy atom. The predicted octanol–water partition coefficient (Wildman–Crippen LogP) is 2.85. The Morgan fingerprint density at radius 2 is 1.68 bits per heavy atom. The highest BCUT2D eigenvalue weighted by molar-refractivity contribution is 6.33. The highest BCUT2D eigenvalue weighted by Crippen LogP contribution is 2.28. The van der Waals surface area contributed by atoms with Crippen molar-refractivity contribution in [3.63, 3.8) is 0 Å². The highest BCUT2D eigenvalue weighted by Gasteiger charge is 2.35. The molecule has 0 aliphatic carbocycles. The van der Waals surface area contributed by atoms with E-state index in [9.17, 15) is 22.8 Å². The van der Waals surface area contributed by atoms with Crippen LogP contribution in [0.25, 0.3) is 22.8 Å². The standard InChI is InChI=1S/C19H12ClF3N6O2/c1-27-15(19(21,22)23)10-16(30)28(18(27)31)12-7-8-14(20)13(9-12)17-24-26-29(25-17)11-5-3-2-4-6-11/h2-10H,1H3. The Labute approximate surface area is 176 Å². The number of nitrogens with zero attached hydrogens (tertiary/aromatic N) is 6. The first-order valence-electron chi connectivity index (χ1n) is 8.73. The van der Waals surface area contributed by atoms with Crippen LogP contribution in [0, 0.1) is 0 Å². The van der Waals surface area contributed by atoms with Gasteiger partial charge in [-0.3, -0.25) is 9.36 Å². The van der Waals surface area contributed by atoms with Crippen LogP contribution in [0.3, 0.4) is 0 Å². The molecule has 0 aliphatic heterocycles. The van der Waals surface area contributed by atoms with E-state index in [-0.39, 0.29) is 22.1 Å². The Hall–Kier alpha value is -3.73. The minimum Gasteiger partial charge on any atom is -0.292 e. The van der Waals surface area contributed by atoms with Crippen LogP contribution in [-0.4, -0.2) is 29.3 Å². The summed E-state index contributed by atoms with van der Waals surface area (Å²) < 4.78 is 40.2. The van der Waals surface area contributed by atoms with Crippen molar-refractivity contribution < 1.29 is 13.2 Å². The fourth-order valence-electron chi connectivity index (χ4n) is 2.95. The Bertz CT molecular complexity index is 1390. The first-order chi connectivity index (χ1) is 14.7. The molecule has 8 nitrogen and oxygen atoms in total. The molecule has 0 saturated heterocycles. The van der Waals surface area contributed by atoms with Crippen molar-refractivity contribution in [3.8, 4) is 22.8 Å². The molecule has 0 spiro atoms. The first kappa shape index (κ1) is 20.5. The normalized spacial score (nSPS) is 11.6. The molecule has 0 N–H and O–H groups in total. The van der Waals surface area contributed by atoms with Crippen molar-refractivity contribution in [2.75, 3.05) is 0 Å². The molecule has 4 aromatic rings. The van der Waals surface area contributed by atoms with Gasteiger partial charge in [-0.1, -0.05) is 29.8 Å². The number of halogens is 4. The monoisotopic (exact) mass is 448 g/mol. The van der Waals surface area contributed by atoms with E-state index in [1.165, 1.54) is 23.0 Å². The Morgan fingerprint density at radius 1 is 0.968 bits per heavy atom. The maximum Gasteiger partial charge on any atom is 0.431 e. The van der Waals surface area contributed by atoms with Gasteiger partial charge in [0.2, 0.25) is 5.82 Å². The second-order valence-electron chi connectivity index (χ2n) is 6.44. The van der Waals surface area contributed by atoms with Crippen LogP contribution in [0.2, 0.25) is 5.02 Å². The zero-order valence-electron chi connectivity index (χ0n) is 15.7. The first-order valence-corrected chi connectivity index (χ1v) is 9.10. The number of benzene rings is 2. The molecular formula is C19H12ClF3N6O2. The van der Waals surface area contributed by atoms with Gasteiger partial charge in [0.25, 0.3) is 5.56 Å². The van der Waals surface area contributed by atoms with E-state index in [1.807, 2.05) is 6.07 Å². The highest BCUT2D eigenvalue weighted by atomic mass is 35.5. The quantitative estimate of drug-likeness (QED) is 0.481. The van der Waals surface area contributed by atoms with Crippen molar-refractivity contribution in [2.24, 2.45) is 7.05 Å². The molecule has 2 heterocycles. The summed E-state index contributed by atoms with van der Waals surface area (Å²) >= 11 is 6.23. The third-order valence-electron chi connectivity index (χ3n) is 4.46. The molecule has 12 heteroatoms. The summed E-state index contributed by atoms with van der Waals surface area (Å²) in [7, 11) is 0.935. The average Bonchev–Trinajstić information content (AvgIpc) is 3.22. The van der Waals surface area contributed by atoms with Gasteiger partial charge < -0.3 is 0 Å². The van der Waals surface area contributed by atoms with E-state index >= 15 is 0 Å². The summed E-state index contributed by atoms with van der Waals surface area (Å²) in [4.78, 5) is 26.1. The topological polar surface area (TPSA) is 87.6 Å². The number of hydrogen-bond donors (Lipinski definition) is 0. The minimum atomic E-state index is -4.85. The summed E-state index contributed by atoms with van der Waals surface area (Å²) in [6.45, 7) is 0. The zero-order valence-corrected chi connectivity index (χ0v) is 16.5. The molecule has 158 valence electrons. The Kier molecular flexibility index (Phi) is 4.97. The lowest BCUT2D eigenvalue weighted by molar-refractivity contribution is -0.144. The van der Waals surface area contributed by atoms with Gasteiger partial charge in [0, 0.05) is 18.7 Å². The molecule has 0 saturated carbocycles. The van der Waals surface area contributed by atoms with E-state index < -0.39 is 23.1 Å².